The lowest BCUT2D eigenvalue weighted by molar-refractivity contribution is -0.384. The summed E-state index contributed by atoms with van der Waals surface area (Å²) in [4.78, 5) is 23.2. The number of nitro benzene ring substituents is 1. The van der Waals surface area contributed by atoms with Gasteiger partial charge in [0.2, 0.25) is 15.9 Å². The highest BCUT2D eigenvalue weighted by Crippen LogP contribution is 2.31. The van der Waals surface area contributed by atoms with Gasteiger partial charge in [0.05, 0.1) is 22.6 Å². The molecule has 0 aromatic heterocycles. The molecule has 0 radical (unpaired) electrons. The van der Waals surface area contributed by atoms with E-state index in [1.165, 1.54) is 53.9 Å². The smallest absolute Gasteiger partial charge is 0.271 e. The number of carbonyl (C=O) groups excluding carboxylic acids is 1. The largest absolute Gasteiger partial charge is 0.495 e. The first-order valence-corrected chi connectivity index (χ1v) is 10.9. The standard InChI is InChI=1S/C19H20ClN3O6S/c1-29-18-7-4-15(23(25)26)12-17(18)21-19(24)13-8-10-22(11-9-13)30(27,28)16-5-2-14(20)3-6-16/h2-7,12-13H,8-11H2,1H3,(H,21,24). The van der Waals surface area contributed by atoms with Gasteiger partial charge in [-0.25, -0.2) is 8.42 Å². The van der Waals surface area contributed by atoms with Gasteiger partial charge in [0, 0.05) is 36.2 Å². The lowest BCUT2D eigenvalue weighted by Gasteiger charge is -2.30. The van der Waals surface area contributed by atoms with Gasteiger partial charge in [-0.2, -0.15) is 4.31 Å². The summed E-state index contributed by atoms with van der Waals surface area (Å²) in [5.74, 6) is -0.459. The van der Waals surface area contributed by atoms with Crippen LogP contribution in [0.25, 0.3) is 0 Å². The predicted molar refractivity (Wildman–Crippen MR) is 111 cm³/mol. The molecule has 0 atom stereocenters. The van der Waals surface area contributed by atoms with Crippen LogP contribution in [0.2, 0.25) is 5.02 Å². The Morgan fingerprint density at radius 3 is 2.40 bits per heavy atom. The summed E-state index contributed by atoms with van der Waals surface area (Å²) >= 11 is 5.82. The van der Waals surface area contributed by atoms with Crippen LogP contribution in [0.5, 0.6) is 5.75 Å². The van der Waals surface area contributed by atoms with E-state index in [2.05, 4.69) is 5.32 Å². The molecule has 0 unspecified atom stereocenters. The maximum atomic E-state index is 12.8. The molecule has 1 heterocycles. The Balaban J connectivity index is 1.67. The van der Waals surface area contributed by atoms with Gasteiger partial charge >= 0.3 is 0 Å². The number of sulfonamides is 1. The van der Waals surface area contributed by atoms with E-state index in [1.807, 2.05) is 0 Å². The molecule has 3 rings (SSSR count). The van der Waals surface area contributed by atoms with Gasteiger partial charge in [-0.15, -0.1) is 0 Å². The highest BCUT2D eigenvalue weighted by atomic mass is 35.5. The number of hydrogen-bond donors (Lipinski definition) is 1. The lowest BCUT2D eigenvalue weighted by atomic mass is 9.97. The third-order valence-electron chi connectivity index (χ3n) is 4.93. The van der Waals surface area contributed by atoms with Gasteiger partial charge in [0.15, 0.2) is 0 Å². The van der Waals surface area contributed by atoms with Crippen LogP contribution in [0.3, 0.4) is 0 Å². The molecular formula is C19H20ClN3O6S. The Labute approximate surface area is 178 Å². The minimum atomic E-state index is -3.66. The van der Waals surface area contributed by atoms with Crippen LogP contribution >= 0.6 is 11.6 Å². The van der Waals surface area contributed by atoms with E-state index in [0.717, 1.165) is 0 Å². The Hall–Kier alpha value is -2.69. The van der Waals surface area contributed by atoms with Crippen LogP contribution in [0, 0.1) is 16.0 Å². The van der Waals surface area contributed by atoms with Crippen molar-refractivity contribution in [3.63, 3.8) is 0 Å². The van der Waals surface area contributed by atoms with Crippen LogP contribution in [0.1, 0.15) is 12.8 Å². The van der Waals surface area contributed by atoms with E-state index in [4.69, 9.17) is 16.3 Å². The number of nitrogens with zero attached hydrogens (tertiary/aromatic N) is 2. The Kier molecular flexibility index (Phi) is 6.59. The van der Waals surface area contributed by atoms with Gasteiger partial charge in [-0.05, 0) is 43.2 Å². The zero-order chi connectivity index (χ0) is 21.9. The number of nitro groups is 1. The molecule has 1 saturated heterocycles. The molecule has 0 bridgehead atoms. The second-order valence-corrected chi connectivity index (χ2v) is 9.14. The van der Waals surface area contributed by atoms with Crippen LogP contribution in [0.4, 0.5) is 11.4 Å². The van der Waals surface area contributed by atoms with Crippen molar-refractivity contribution in [2.45, 2.75) is 17.7 Å². The number of non-ortho nitro benzene ring substituents is 1. The number of ether oxygens (including phenoxy) is 1. The zero-order valence-electron chi connectivity index (χ0n) is 16.1. The van der Waals surface area contributed by atoms with Crippen LogP contribution < -0.4 is 10.1 Å². The minimum absolute atomic E-state index is 0.149. The topological polar surface area (TPSA) is 119 Å². The van der Waals surface area contributed by atoms with E-state index in [1.54, 1.807) is 0 Å². The SMILES string of the molecule is COc1ccc([N+](=O)[O-])cc1NC(=O)C1CCN(S(=O)(=O)c2ccc(Cl)cc2)CC1. The van der Waals surface area contributed by atoms with E-state index in [0.29, 0.717) is 23.6 Å². The van der Waals surface area contributed by atoms with Crippen molar-refractivity contribution < 1.29 is 22.9 Å². The molecule has 1 N–H and O–H groups in total. The van der Waals surface area contributed by atoms with Crippen molar-refractivity contribution in [1.29, 1.82) is 0 Å². The maximum Gasteiger partial charge on any atom is 0.271 e. The molecular weight excluding hydrogens is 434 g/mol. The molecule has 1 aliphatic heterocycles. The summed E-state index contributed by atoms with van der Waals surface area (Å²) in [6.07, 6.45) is 0.659. The van der Waals surface area contributed by atoms with Crippen LogP contribution in [-0.2, 0) is 14.8 Å². The number of methoxy groups -OCH3 is 1. The highest BCUT2D eigenvalue weighted by molar-refractivity contribution is 7.89. The van der Waals surface area contributed by atoms with Crippen molar-refractivity contribution in [3.8, 4) is 5.75 Å². The number of halogens is 1. The Bertz CT molecular complexity index is 1050. The molecule has 160 valence electrons. The average molecular weight is 454 g/mol. The van der Waals surface area contributed by atoms with Crippen molar-refractivity contribution in [1.82, 2.24) is 4.31 Å². The number of piperidine rings is 1. The minimum Gasteiger partial charge on any atom is -0.495 e. The summed E-state index contributed by atoms with van der Waals surface area (Å²) in [6, 6.07) is 9.86. The predicted octanol–water partition coefficient (Wildman–Crippen LogP) is 3.30. The first kappa shape index (κ1) is 22.0. The molecule has 11 heteroatoms. The Morgan fingerprint density at radius 2 is 1.83 bits per heavy atom. The molecule has 1 aliphatic rings. The van der Waals surface area contributed by atoms with Gasteiger partial charge in [0.25, 0.3) is 5.69 Å². The van der Waals surface area contributed by atoms with Crippen molar-refractivity contribution in [3.05, 3.63) is 57.6 Å². The van der Waals surface area contributed by atoms with Gasteiger partial charge in [-0.1, -0.05) is 11.6 Å². The lowest BCUT2D eigenvalue weighted by Crippen LogP contribution is -2.41. The summed E-state index contributed by atoms with van der Waals surface area (Å²) in [5.41, 5.74) is 0.0305. The molecule has 0 saturated carbocycles. The van der Waals surface area contributed by atoms with Crippen molar-refractivity contribution in [2.24, 2.45) is 5.92 Å². The highest BCUT2D eigenvalue weighted by Gasteiger charge is 2.32. The van der Waals surface area contributed by atoms with Gasteiger partial charge in [0.1, 0.15) is 5.75 Å². The fourth-order valence-electron chi connectivity index (χ4n) is 3.26. The number of carbonyl (C=O) groups is 1. The second kappa shape index (κ2) is 8.99. The van der Waals surface area contributed by atoms with E-state index in [-0.39, 0.29) is 35.3 Å². The fourth-order valence-corrected chi connectivity index (χ4v) is 4.85. The molecule has 1 amide bonds. The fraction of sp³-hybridized carbons (Fsp3) is 0.316. The van der Waals surface area contributed by atoms with E-state index >= 15 is 0 Å². The van der Waals surface area contributed by atoms with Gasteiger partial charge in [-0.3, -0.25) is 14.9 Å². The van der Waals surface area contributed by atoms with E-state index in [9.17, 15) is 23.3 Å². The number of nitrogens with one attached hydrogen (secondary N) is 1. The molecule has 9 nitrogen and oxygen atoms in total. The normalized spacial score (nSPS) is 15.5. The first-order valence-electron chi connectivity index (χ1n) is 9.11. The summed E-state index contributed by atoms with van der Waals surface area (Å²) < 4.78 is 32.0. The number of anilines is 1. The summed E-state index contributed by atoms with van der Waals surface area (Å²) in [6.45, 7) is 0.379. The first-order chi connectivity index (χ1) is 14.2. The number of hydrogen-bond acceptors (Lipinski definition) is 6. The van der Waals surface area contributed by atoms with Crippen LogP contribution in [0.15, 0.2) is 47.4 Å². The van der Waals surface area contributed by atoms with Crippen molar-refractivity contribution in [2.75, 3.05) is 25.5 Å². The van der Waals surface area contributed by atoms with E-state index < -0.39 is 20.9 Å². The number of rotatable bonds is 6. The zero-order valence-corrected chi connectivity index (χ0v) is 17.6. The van der Waals surface area contributed by atoms with Gasteiger partial charge < -0.3 is 10.1 Å². The molecule has 0 spiro atoms. The third-order valence-corrected chi connectivity index (χ3v) is 7.09. The summed E-state index contributed by atoms with van der Waals surface area (Å²) in [7, 11) is -2.26. The molecule has 2 aromatic carbocycles. The summed E-state index contributed by atoms with van der Waals surface area (Å²) in [5, 5.41) is 14.1. The monoisotopic (exact) mass is 453 g/mol. The Morgan fingerprint density at radius 1 is 1.20 bits per heavy atom. The molecule has 2 aromatic rings. The molecule has 0 aliphatic carbocycles. The number of amides is 1. The second-order valence-electron chi connectivity index (χ2n) is 6.76. The number of benzene rings is 2. The molecule has 1 fully saturated rings. The third kappa shape index (κ3) is 4.72. The average Bonchev–Trinajstić information content (AvgIpc) is 2.74. The maximum absolute atomic E-state index is 12.8. The van der Waals surface area contributed by atoms with Crippen molar-refractivity contribution >= 4 is 38.9 Å². The molecule has 30 heavy (non-hydrogen) atoms. The quantitative estimate of drug-likeness (QED) is 0.529. The van der Waals surface area contributed by atoms with Crippen LogP contribution in [-0.4, -0.2) is 43.8 Å².